The van der Waals surface area contributed by atoms with Gasteiger partial charge in [-0.2, -0.15) is 0 Å². The van der Waals surface area contributed by atoms with Crippen molar-refractivity contribution in [1.82, 2.24) is 10.3 Å². The topological polar surface area (TPSA) is 106 Å². The van der Waals surface area contributed by atoms with Crippen LogP contribution in [0.25, 0.3) is 0 Å². The third kappa shape index (κ3) is 5.90. The molecule has 3 rings (SSSR count). The molecule has 0 atom stereocenters. The van der Waals surface area contributed by atoms with E-state index in [1.54, 1.807) is 38.1 Å². The molecule has 162 valence electrons. The summed E-state index contributed by atoms with van der Waals surface area (Å²) < 4.78 is 29.2. The lowest BCUT2D eigenvalue weighted by Crippen LogP contribution is -2.23. The van der Waals surface area contributed by atoms with Gasteiger partial charge in [-0.3, -0.25) is 4.79 Å². The molecule has 2 aromatic carbocycles. The highest BCUT2D eigenvalue weighted by atomic mass is 32.2. The van der Waals surface area contributed by atoms with E-state index in [4.69, 9.17) is 4.74 Å². The zero-order valence-corrected chi connectivity index (χ0v) is 18.3. The lowest BCUT2D eigenvalue weighted by molar-refractivity contribution is 0.0785. The molecule has 0 aliphatic carbocycles. The molecule has 0 radical (unpaired) electrons. The zero-order valence-electron chi connectivity index (χ0n) is 17.5. The van der Waals surface area contributed by atoms with E-state index in [-0.39, 0.29) is 34.5 Å². The molecule has 0 aliphatic rings. The number of benzene rings is 2. The number of carbonyl (C=O) groups is 1. The van der Waals surface area contributed by atoms with E-state index >= 15 is 0 Å². The van der Waals surface area contributed by atoms with E-state index in [0.29, 0.717) is 0 Å². The number of hydrogen-bond donors (Lipinski definition) is 2. The molecule has 0 bridgehead atoms. The maximum atomic E-state index is 12.7. The Hall–Kier alpha value is -3.23. The minimum Gasteiger partial charge on any atom is -0.438 e. The van der Waals surface area contributed by atoms with Gasteiger partial charge in [-0.25, -0.2) is 13.4 Å². The van der Waals surface area contributed by atoms with Crippen LogP contribution in [0.3, 0.4) is 0 Å². The largest absolute Gasteiger partial charge is 0.438 e. The molecular weight excluding hydrogens is 416 g/mol. The highest BCUT2D eigenvalue weighted by Crippen LogP contribution is 2.25. The molecule has 1 amide bonds. The van der Waals surface area contributed by atoms with Crippen molar-refractivity contribution in [3.05, 3.63) is 83.6 Å². The Balaban J connectivity index is 1.73. The fraction of sp³-hybridized carbons (Fsp3) is 0.217. The van der Waals surface area contributed by atoms with Crippen molar-refractivity contribution < 1.29 is 23.1 Å². The standard InChI is InChI=1S/C23H24N2O5S/c1-23(2,27)17-11-9-16(10-12-17)15-25-21(26)20-8-5-13-24-22(20)30-18-6-4-7-19(14-18)31(3,28)29/h4-14,27H,15H2,1-3H3,(H,25,26). The normalized spacial score (nSPS) is 11.7. The summed E-state index contributed by atoms with van der Waals surface area (Å²) in [4.78, 5) is 16.9. The molecule has 1 aromatic heterocycles. The molecule has 1 heterocycles. The van der Waals surface area contributed by atoms with E-state index in [0.717, 1.165) is 17.4 Å². The predicted octanol–water partition coefficient (Wildman–Crippen LogP) is 3.43. The lowest BCUT2D eigenvalue weighted by atomic mass is 9.97. The number of nitrogens with one attached hydrogen (secondary N) is 1. The molecule has 0 spiro atoms. The minimum absolute atomic E-state index is 0.0722. The Bertz CT molecular complexity index is 1180. The van der Waals surface area contributed by atoms with Crippen LogP contribution in [0.5, 0.6) is 11.6 Å². The molecule has 2 N–H and O–H groups in total. The Kier molecular flexibility index (Phi) is 6.42. The number of carbonyl (C=O) groups excluding carboxylic acids is 1. The van der Waals surface area contributed by atoms with Crippen molar-refractivity contribution in [3.63, 3.8) is 0 Å². The van der Waals surface area contributed by atoms with Crippen molar-refractivity contribution in [1.29, 1.82) is 0 Å². The first-order valence-electron chi connectivity index (χ1n) is 9.57. The first-order chi connectivity index (χ1) is 14.5. The van der Waals surface area contributed by atoms with Gasteiger partial charge in [0.15, 0.2) is 9.84 Å². The number of sulfone groups is 1. The van der Waals surface area contributed by atoms with Gasteiger partial charge in [-0.1, -0.05) is 30.3 Å². The number of aliphatic hydroxyl groups is 1. The summed E-state index contributed by atoms with van der Waals surface area (Å²) in [6.45, 7) is 3.70. The van der Waals surface area contributed by atoms with Gasteiger partial charge < -0.3 is 15.2 Å². The van der Waals surface area contributed by atoms with E-state index in [2.05, 4.69) is 10.3 Å². The minimum atomic E-state index is -3.39. The van der Waals surface area contributed by atoms with Crippen LogP contribution in [-0.2, 0) is 22.0 Å². The number of hydrogen-bond acceptors (Lipinski definition) is 6. The summed E-state index contributed by atoms with van der Waals surface area (Å²) in [6.07, 6.45) is 2.60. The molecule has 0 fully saturated rings. The first kappa shape index (κ1) is 22.5. The molecule has 7 nitrogen and oxygen atoms in total. The van der Waals surface area contributed by atoms with Gasteiger partial charge in [-0.15, -0.1) is 0 Å². The van der Waals surface area contributed by atoms with Crippen LogP contribution in [0.2, 0.25) is 0 Å². The number of aromatic nitrogens is 1. The van der Waals surface area contributed by atoms with E-state index in [1.165, 1.54) is 18.3 Å². The summed E-state index contributed by atoms with van der Waals surface area (Å²) in [7, 11) is -3.39. The van der Waals surface area contributed by atoms with Crippen LogP contribution in [0, 0.1) is 0 Å². The van der Waals surface area contributed by atoms with Gasteiger partial charge in [0.05, 0.1) is 10.5 Å². The summed E-state index contributed by atoms with van der Waals surface area (Å²) >= 11 is 0. The van der Waals surface area contributed by atoms with E-state index in [1.807, 2.05) is 24.3 Å². The summed E-state index contributed by atoms with van der Waals surface area (Å²) in [5.74, 6) is -0.0464. The maximum Gasteiger partial charge on any atom is 0.257 e. The fourth-order valence-electron chi connectivity index (χ4n) is 2.83. The molecular formula is C23H24N2O5S. The third-order valence-electron chi connectivity index (χ3n) is 4.58. The Morgan fingerprint density at radius 2 is 1.81 bits per heavy atom. The van der Waals surface area contributed by atoms with Gasteiger partial charge >= 0.3 is 0 Å². The molecule has 3 aromatic rings. The van der Waals surface area contributed by atoms with Crippen molar-refractivity contribution in [2.45, 2.75) is 30.9 Å². The van der Waals surface area contributed by atoms with Gasteiger partial charge in [-0.05, 0) is 55.3 Å². The number of rotatable bonds is 7. The quantitative estimate of drug-likeness (QED) is 0.583. The molecule has 0 saturated heterocycles. The number of pyridine rings is 1. The predicted molar refractivity (Wildman–Crippen MR) is 117 cm³/mol. The molecule has 8 heteroatoms. The van der Waals surface area contributed by atoms with Crippen molar-refractivity contribution in [3.8, 4) is 11.6 Å². The van der Waals surface area contributed by atoms with Crippen molar-refractivity contribution in [2.24, 2.45) is 0 Å². The summed E-state index contributed by atoms with van der Waals surface area (Å²) in [6, 6.07) is 16.5. The number of nitrogens with zero attached hydrogens (tertiary/aromatic N) is 1. The van der Waals surface area contributed by atoms with Crippen LogP contribution >= 0.6 is 0 Å². The van der Waals surface area contributed by atoms with E-state index in [9.17, 15) is 18.3 Å². The van der Waals surface area contributed by atoms with Crippen LogP contribution in [0.4, 0.5) is 0 Å². The average Bonchev–Trinajstić information content (AvgIpc) is 2.72. The van der Waals surface area contributed by atoms with Gasteiger partial charge in [0.2, 0.25) is 5.88 Å². The second kappa shape index (κ2) is 8.87. The first-order valence-corrected chi connectivity index (χ1v) is 11.5. The summed E-state index contributed by atoms with van der Waals surface area (Å²) in [5.41, 5.74) is 0.939. The second-order valence-electron chi connectivity index (χ2n) is 7.64. The number of ether oxygens (including phenoxy) is 1. The van der Waals surface area contributed by atoms with Crippen LogP contribution < -0.4 is 10.1 Å². The smallest absolute Gasteiger partial charge is 0.257 e. The van der Waals surface area contributed by atoms with Crippen LogP contribution in [0.15, 0.2) is 71.8 Å². The Morgan fingerprint density at radius 1 is 1.10 bits per heavy atom. The van der Waals surface area contributed by atoms with E-state index < -0.39 is 15.4 Å². The van der Waals surface area contributed by atoms with Gasteiger partial charge in [0.1, 0.15) is 11.3 Å². The lowest BCUT2D eigenvalue weighted by Gasteiger charge is -2.18. The maximum absolute atomic E-state index is 12.7. The number of amides is 1. The molecule has 31 heavy (non-hydrogen) atoms. The Labute approximate surface area is 181 Å². The highest BCUT2D eigenvalue weighted by Gasteiger charge is 2.17. The monoisotopic (exact) mass is 440 g/mol. The highest BCUT2D eigenvalue weighted by molar-refractivity contribution is 7.90. The Morgan fingerprint density at radius 3 is 2.45 bits per heavy atom. The second-order valence-corrected chi connectivity index (χ2v) is 9.66. The van der Waals surface area contributed by atoms with Crippen molar-refractivity contribution in [2.75, 3.05) is 6.26 Å². The SMILES string of the molecule is CC(C)(O)c1ccc(CNC(=O)c2cccnc2Oc2cccc(S(C)(=O)=O)c2)cc1. The van der Waals surface area contributed by atoms with Gasteiger partial charge in [0.25, 0.3) is 5.91 Å². The zero-order chi connectivity index (χ0) is 22.6. The average molecular weight is 441 g/mol. The third-order valence-corrected chi connectivity index (χ3v) is 5.69. The fourth-order valence-corrected chi connectivity index (χ4v) is 3.49. The van der Waals surface area contributed by atoms with Crippen LogP contribution in [-0.4, -0.2) is 30.7 Å². The van der Waals surface area contributed by atoms with Crippen LogP contribution in [0.1, 0.15) is 35.3 Å². The molecule has 0 unspecified atom stereocenters. The van der Waals surface area contributed by atoms with Crippen molar-refractivity contribution >= 4 is 15.7 Å². The molecule has 0 aliphatic heterocycles. The summed E-state index contributed by atoms with van der Waals surface area (Å²) in [5, 5.41) is 12.9. The molecule has 0 saturated carbocycles. The van der Waals surface area contributed by atoms with Gasteiger partial charge in [0, 0.05) is 19.0 Å².